The number of benzene rings is 1. The third kappa shape index (κ3) is 5.87. The van der Waals surface area contributed by atoms with Gasteiger partial charge in [0.15, 0.2) is 5.75 Å². The number of rotatable bonds is 7. The van der Waals surface area contributed by atoms with Crippen LogP contribution in [0.25, 0.3) is 0 Å². The van der Waals surface area contributed by atoms with Gasteiger partial charge >= 0.3 is 0 Å². The summed E-state index contributed by atoms with van der Waals surface area (Å²) in [6.45, 7) is 2.62. The molecule has 1 aromatic rings. The fourth-order valence-corrected chi connectivity index (χ4v) is 2.64. The van der Waals surface area contributed by atoms with Gasteiger partial charge in [-0.25, -0.2) is 0 Å². The molecular formula is C12H17Cl2NOS. The van der Waals surface area contributed by atoms with Crippen molar-refractivity contribution in [1.82, 2.24) is 0 Å². The Morgan fingerprint density at radius 3 is 2.53 bits per heavy atom. The molecule has 0 fully saturated rings. The van der Waals surface area contributed by atoms with Crippen LogP contribution in [-0.2, 0) is 0 Å². The number of para-hydroxylation sites is 1. The SMILES string of the molecule is CC(N)CCSCCOc1c(Cl)cccc1Cl. The number of nitrogens with two attached hydrogens (primary N) is 1. The van der Waals surface area contributed by atoms with E-state index in [1.165, 1.54) is 0 Å². The maximum atomic E-state index is 5.98. The highest BCUT2D eigenvalue weighted by Crippen LogP contribution is 2.32. The largest absolute Gasteiger partial charge is 0.490 e. The van der Waals surface area contributed by atoms with Gasteiger partial charge in [0.1, 0.15) is 0 Å². The van der Waals surface area contributed by atoms with Crippen molar-refractivity contribution in [1.29, 1.82) is 0 Å². The van der Waals surface area contributed by atoms with E-state index in [9.17, 15) is 0 Å². The number of halogens is 2. The lowest BCUT2D eigenvalue weighted by atomic mass is 10.3. The van der Waals surface area contributed by atoms with Gasteiger partial charge in [-0.3, -0.25) is 0 Å². The Labute approximate surface area is 117 Å². The Balaban J connectivity index is 2.22. The average Bonchev–Trinajstić information content (AvgIpc) is 2.26. The minimum atomic E-state index is 0.265. The summed E-state index contributed by atoms with van der Waals surface area (Å²) < 4.78 is 5.56. The van der Waals surface area contributed by atoms with E-state index >= 15 is 0 Å². The van der Waals surface area contributed by atoms with Gasteiger partial charge in [-0.05, 0) is 31.2 Å². The van der Waals surface area contributed by atoms with Gasteiger partial charge in [0.25, 0.3) is 0 Å². The molecule has 0 spiro atoms. The molecule has 0 bridgehead atoms. The minimum absolute atomic E-state index is 0.265. The van der Waals surface area contributed by atoms with E-state index in [0.717, 1.165) is 17.9 Å². The molecule has 1 aromatic carbocycles. The Morgan fingerprint density at radius 2 is 1.94 bits per heavy atom. The van der Waals surface area contributed by atoms with E-state index in [-0.39, 0.29) is 6.04 Å². The lowest BCUT2D eigenvalue weighted by molar-refractivity contribution is 0.344. The maximum absolute atomic E-state index is 5.98. The van der Waals surface area contributed by atoms with E-state index in [1.54, 1.807) is 18.2 Å². The van der Waals surface area contributed by atoms with Crippen LogP contribution in [0.2, 0.25) is 10.0 Å². The molecule has 0 heterocycles. The summed E-state index contributed by atoms with van der Waals surface area (Å²) in [5.41, 5.74) is 5.66. The molecule has 1 atom stereocenters. The zero-order valence-electron chi connectivity index (χ0n) is 9.79. The van der Waals surface area contributed by atoms with Crippen LogP contribution in [0, 0.1) is 0 Å². The number of hydrogen-bond donors (Lipinski definition) is 1. The van der Waals surface area contributed by atoms with Crippen molar-refractivity contribution in [2.45, 2.75) is 19.4 Å². The van der Waals surface area contributed by atoms with E-state index in [2.05, 4.69) is 0 Å². The Bertz CT molecular complexity index is 327. The molecule has 2 nitrogen and oxygen atoms in total. The number of thioether (sulfide) groups is 1. The van der Waals surface area contributed by atoms with Gasteiger partial charge in [0, 0.05) is 11.8 Å². The molecule has 1 unspecified atom stereocenters. The maximum Gasteiger partial charge on any atom is 0.156 e. The van der Waals surface area contributed by atoms with Crippen LogP contribution in [0.5, 0.6) is 5.75 Å². The molecule has 0 saturated heterocycles. The van der Waals surface area contributed by atoms with Gasteiger partial charge in [0.05, 0.1) is 16.7 Å². The third-order valence-corrected chi connectivity index (χ3v) is 3.69. The topological polar surface area (TPSA) is 35.2 Å². The van der Waals surface area contributed by atoms with Crippen molar-refractivity contribution < 1.29 is 4.74 Å². The summed E-state index contributed by atoms with van der Waals surface area (Å²) in [7, 11) is 0. The molecule has 0 amide bonds. The van der Waals surface area contributed by atoms with Crippen molar-refractivity contribution in [3.63, 3.8) is 0 Å². The van der Waals surface area contributed by atoms with E-state index in [4.69, 9.17) is 33.7 Å². The molecular weight excluding hydrogens is 277 g/mol. The first kappa shape index (κ1) is 15.0. The highest BCUT2D eigenvalue weighted by molar-refractivity contribution is 7.99. The van der Waals surface area contributed by atoms with E-state index in [1.807, 2.05) is 18.7 Å². The second-order valence-electron chi connectivity index (χ2n) is 3.78. The zero-order chi connectivity index (χ0) is 12.7. The Morgan fingerprint density at radius 1 is 1.29 bits per heavy atom. The summed E-state index contributed by atoms with van der Waals surface area (Å²) in [6, 6.07) is 5.61. The van der Waals surface area contributed by atoms with E-state index < -0.39 is 0 Å². The highest BCUT2D eigenvalue weighted by atomic mass is 35.5. The van der Waals surface area contributed by atoms with Crippen LogP contribution < -0.4 is 10.5 Å². The predicted octanol–water partition coefficient (Wildman–Crippen LogP) is 3.84. The first-order valence-electron chi connectivity index (χ1n) is 5.51. The molecule has 0 aliphatic carbocycles. The second kappa shape index (κ2) is 8.09. The smallest absolute Gasteiger partial charge is 0.156 e. The van der Waals surface area contributed by atoms with Crippen molar-refractivity contribution in [3.8, 4) is 5.75 Å². The molecule has 5 heteroatoms. The molecule has 17 heavy (non-hydrogen) atoms. The Hall–Kier alpha value is -0.0900. The first-order chi connectivity index (χ1) is 8.11. The van der Waals surface area contributed by atoms with Crippen LogP contribution in [0.15, 0.2) is 18.2 Å². The van der Waals surface area contributed by atoms with Crippen LogP contribution in [0.3, 0.4) is 0 Å². The molecule has 0 radical (unpaired) electrons. The van der Waals surface area contributed by atoms with Gasteiger partial charge in [-0.1, -0.05) is 29.3 Å². The Kier molecular flexibility index (Phi) is 7.12. The summed E-state index contributed by atoms with van der Waals surface area (Å²) in [4.78, 5) is 0. The van der Waals surface area contributed by atoms with Crippen LogP contribution in [0.4, 0.5) is 0 Å². The van der Waals surface area contributed by atoms with Gasteiger partial charge in [-0.2, -0.15) is 11.8 Å². The lowest BCUT2D eigenvalue weighted by Crippen LogP contribution is -2.15. The molecule has 0 aliphatic heterocycles. The van der Waals surface area contributed by atoms with Crippen molar-refractivity contribution in [2.24, 2.45) is 5.73 Å². The first-order valence-corrected chi connectivity index (χ1v) is 7.42. The van der Waals surface area contributed by atoms with Gasteiger partial charge < -0.3 is 10.5 Å². The fraction of sp³-hybridized carbons (Fsp3) is 0.500. The van der Waals surface area contributed by atoms with Crippen LogP contribution in [-0.4, -0.2) is 24.2 Å². The summed E-state index contributed by atoms with van der Waals surface area (Å²) in [5.74, 6) is 2.54. The van der Waals surface area contributed by atoms with E-state index in [0.29, 0.717) is 22.4 Å². The molecule has 96 valence electrons. The van der Waals surface area contributed by atoms with Gasteiger partial charge in [-0.15, -0.1) is 0 Å². The second-order valence-corrected chi connectivity index (χ2v) is 5.82. The van der Waals surface area contributed by atoms with Gasteiger partial charge in [0.2, 0.25) is 0 Å². The molecule has 2 N–H and O–H groups in total. The van der Waals surface area contributed by atoms with Crippen LogP contribution >= 0.6 is 35.0 Å². The minimum Gasteiger partial charge on any atom is -0.490 e. The molecule has 0 aliphatic rings. The zero-order valence-corrected chi connectivity index (χ0v) is 12.1. The number of hydrogen-bond acceptors (Lipinski definition) is 3. The standard InChI is InChI=1S/C12H17Cl2NOS/c1-9(15)5-7-17-8-6-16-12-10(13)3-2-4-11(12)14/h2-4,9H,5-8,15H2,1H3. The molecule has 0 saturated carbocycles. The van der Waals surface area contributed by atoms with Crippen molar-refractivity contribution >= 4 is 35.0 Å². The monoisotopic (exact) mass is 293 g/mol. The summed E-state index contributed by atoms with van der Waals surface area (Å²) in [6.07, 6.45) is 1.03. The molecule has 0 aromatic heterocycles. The summed E-state index contributed by atoms with van der Waals surface area (Å²) >= 11 is 13.8. The quantitative estimate of drug-likeness (QED) is 0.776. The van der Waals surface area contributed by atoms with Crippen LogP contribution in [0.1, 0.15) is 13.3 Å². The van der Waals surface area contributed by atoms with Crippen molar-refractivity contribution in [2.75, 3.05) is 18.1 Å². The highest BCUT2D eigenvalue weighted by Gasteiger charge is 2.05. The predicted molar refractivity (Wildman–Crippen MR) is 77.5 cm³/mol. The lowest BCUT2D eigenvalue weighted by Gasteiger charge is -2.09. The third-order valence-electron chi connectivity index (χ3n) is 2.11. The number of ether oxygens (including phenoxy) is 1. The van der Waals surface area contributed by atoms with Crippen molar-refractivity contribution in [3.05, 3.63) is 28.2 Å². The average molecular weight is 294 g/mol. The normalized spacial score (nSPS) is 12.5. The summed E-state index contributed by atoms with van der Waals surface area (Å²) in [5, 5.41) is 1.11. The molecule has 1 rings (SSSR count). The fourth-order valence-electron chi connectivity index (χ4n) is 1.19.